The molecule has 2 atom stereocenters. The summed E-state index contributed by atoms with van der Waals surface area (Å²) < 4.78 is 28.3. The van der Waals surface area contributed by atoms with Gasteiger partial charge in [0.25, 0.3) is 0 Å². The van der Waals surface area contributed by atoms with Gasteiger partial charge >= 0.3 is 0 Å². The van der Waals surface area contributed by atoms with Crippen LogP contribution in [0.3, 0.4) is 0 Å². The molecule has 0 fully saturated rings. The molecule has 1 heterocycles. The van der Waals surface area contributed by atoms with Crippen LogP contribution >= 0.6 is 0 Å². The molecule has 0 spiro atoms. The fraction of sp³-hybridized carbons (Fsp3) is 0.421. The maximum Gasteiger partial charge on any atom is 0.237 e. The lowest BCUT2D eigenvalue weighted by Crippen LogP contribution is -2.42. The van der Waals surface area contributed by atoms with Gasteiger partial charge in [0.05, 0.1) is 23.8 Å². The smallest absolute Gasteiger partial charge is 0.237 e. The van der Waals surface area contributed by atoms with Gasteiger partial charge in [-0.2, -0.15) is 0 Å². The zero-order valence-electron chi connectivity index (χ0n) is 14.2. The van der Waals surface area contributed by atoms with Crippen molar-refractivity contribution in [1.82, 2.24) is 4.90 Å². The number of hydrogen-bond acceptors (Lipinski definition) is 3. The van der Waals surface area contributed by atoms with Crippen LogP contribution in [0.25, 0.3) is 0 Å². The second-order valence-corrected chi connectivity index (χ2v) is 6.97. The van der Waals surface area contributed by atoms with E-state index >= 15 is 0 Å². The Kier molecular flexibility index (Phi) is 4.51. The van der Waals surface area contributed by atoms with Gasteiger partial charge < -0.3 is 10.2 Å². The molecule has 4 nitrogen and oxygen atoms in total. The molecule has 2 N–H and O–H groups in total. The number of benzene rings is 1. The second kappa shape index (κ2) is 6.35. The maximum absolute atomic E-state index is 14.6. The van der Waals surface area contributed by atoms with E-state index in [4.69, 9.17) is 0 Å². The van der Waals surface area contributed by atoms with Crippen LogP contribution in [0.5, 0.6) is 0 Å². The van der Waals surface area contributed by atoms with Crippen LogP contribution in [-0.4, -0.2) is 33.7 Å². The summed E-state index contributed by atoms with van der Waals surface area (Å²) in [6.45, 7) is 2.80. The van der Waals surface area contributed by atoms with E-state index in [2.05, 4.69) is 0 Å². The molecule has 0 saturated heterocycles. The van der Waals surface area contributed by atoms with Crippen LogP contribution < -0.4 is 0 Å². The molecule has 1 amide bonds. The fourth-order valence-electron chi connectivity index (χ4n) is 3.70. The van der Waals surface area contributed by atoms with Crippen molar-refractivity contribution in [3.8, 4) is 0 Å². The van der Waals surface area contributed by atoms with Crippen molar-refractivity contribution in [2.75, 3.05) is 6.61 Å². The summed E-state index contributed by atoms with van der Waals surface area (Å²) in [6, 6.07) is 4.36. The molecule has 0 saturated carbocycles. The highest BCUT2D eigenvalue weighted by Gasteiger charge is 2.51. The van der Waals surface area contributed by atoms with Gasteiger partial charge in [0.15, 0.2) is 0 Å². The molecule has 6 heteroatoms. The summed E-state index contributed by atoms with van der Waals surface area (Å²) in [5.74, 6) is -1.43. The number of nitrogens with zero attached hydrogens (tertiary/aromatic N) is 1. The Labute approximate surface area is 145 Å². The number of hydrogen-bond donors (Lipinski definition) is 2. The van der Waals surface area contributed by atoms with Crippen LogP contribution in [0, 0.1) is 11.2 Å². The van der Waals surface area contributed by atoms with Crippen LogP contribution in [0.2, 0.25) is 0 Å². The minimum Gasteiger partial charge on any atom is -0.394 e. The first-order valence-electron chi connectivity index (χ1n) is 8.26. The summed E-state index contributed by atoms with van der Waals surface area (Å²) in [5, 5.41) is 19.8. The Morgan fingerprint density at radius 1 is 1.32 bits per heavy atom. The molecule has 1 aromatic carbocycles. The topological polar surface area (TPSA) is 60.8 Å². The standard InChI is InChI=1S/C19H21F2NO3/c1-19(2)13-7-4-8-14(21)17(13)22(18(19)25)16(15(24)10-23)11-5-3-6-12(20)9-11/h3,5-6,8-9,15-16,23-24H,4,7,10H2,1-2H3. The lowest BCUT2D eigenvalue weighted by Gasteiger charge is -2.34. The van der Waals surface area contributed by atoms with Gasteiger partial charge in [0.1, 0.15) is 17.7 Å². The second-order valence-electron chi connectivity index (χ2n) is 6.97. The van der Waals surface area contributed by atoms with Gasteiger partial charge in [-0.05, 0) is 56.0 Å². The van der Waals surface area contributed by atoms with Crippen molar-refractivity contribution in [3.05, 3.63) is 58.8 Å². The average molecular weight is 349 g/mol. The highest BCUT2D eigenvalue weighted by Crippen LogP contribution is 2.50. The van der Waals surface area contributed by atoms with Gasteiger partial charge in [-0.3, -0.25) is 9.69 Å². The molecule has 1 aliphatic carbocycles. The third-order valence-corrected chi connectivity index (χ3v) is 5.00. The Morgan fingerprint density at radius 2 is 2.04 bits per heavy atom. The Morgan fingerprint density at radius 3 is 2.68 bits per heavy atom. The molecule has 0 radical (unpaired) electrons. The molecule has 2 unspecified atom stereocenters. The normalized spacial score (nSPS) is 21.9. The van der Waals surface area contributed by atoms with Crippen LogP contribution in [0.1, 0.15) is 38.3 Å². The van der Waals surface area contributed by atoms with E-state index in [0.717, 1.165) is 0 Å². The molecule has 0 aromatic heterocycles. The van der Waals surface area contributed by atoms with Crippen molar-refractivity contribution in [2.45, 2.75) is 38.8 Å². The number of halogens is 2. The van der Waals surface area contributed by atoms with Crippen molar-refractivity contribution in [3.63, 3.8) is 0 Å². The van der Waals surface area contributed by atoms with Crippen molar-refractivity contribution in [2.24, 2.45) is 5.41 Å². The quantitative estimate of drug-likeness (QED) is 0.878. The Balaban J connectivity index is 2.17. The zero-order chi connectivity index (χ0) is 18.4. The largest absolute Gasteiger partial charge is 0.394 e. The average Bonchev–Trinajstić information content (AvgIpc) is 2.77. The lowest BCUT2D eigenvalue weighted by atomic mass is 9.81. The predicted molar refractivity (Wildman–Crippen MR) is 88.3 cm³/mol. The summed E-state index contributed by atoms with van der Waals surface area (Å²) in [5.41, 5.74) is 0.201. The van der Waals surface area contributed by atoms with Crippen LogP contribution in [-0.2, 0) is 4.79 Å². The number of carbonyl (C=O) groups is 1. The van der Waals surface area contributed by atoms with Gasteiger partial charge in [-0.1, -0.05) is 12.1 Å². The number of amides is 1. The summed E-state index contributed by atoms with van der Waals surface area (Å²) in [4.78, 5) is 14.3. The van der Waals surface area contributed by atoms with Crippen molar-refractivity contribution < 1.29 is 23.8 Å². The number of rotatable bonds is 4. The molecular weight excluding hydrogens is 328 g/mol. The Bertz CT molecular complexity index is 770. The molecule has 2 aliphatic rings. The first kappa shape index (κ1) is 17.8. The molecule has 3 rings (SSSR count). The van der Waals surface area contributed by atoms with E-state index in [9.17, 15) is 23.8 Å². The lowest BCUT2D eigenvalue weighted by molar-refractivity contribution is -0.138. The van der Waals surface area contributed by atoms with Gasteiger partial charge in [-0.25, -0.2) is 8.78 Å². The minimum absolute atomic E-state index is 0.142. The number of aliphatic hydroxyl groups excluding tert-OH is 2. The SMILES string of the molecule is CC1(C)C(=O)N(C(c2cccc(F)c2)C(O)CO)C2=C1CCC=C2F. The number of carbonyl (C=O) groups excluding carboxylic acids is 1. The van der Waals surface area contributed by atoms with Crippen molar-refractivity contribution in [1.29, 1.82) is 0 Å². The van der Waals surface area contributed by atoms with E-state index in [1.165, 1.54) is 29.2 Å². The molecule has 1 aliphatic heterocycles. The third-order valence-electron chi connectivity index (χ3n) is 5.00. The highest BCUT2D eigenvalue weighted by molar-refractivity contribution is 5.92. The van der Waals surface area contributed by atoms with Gasteiger partial charge in [0.2, 0.25) is 5.91 Å². The monoisotopic (exact) mass is 349 g/mol. The Hall–Kier alpha value is -2.05. The molecule has 0 bridgehead atoms. The zero-order valence-corrected chi connectivity index (χ0v) is 14.2. The predicted octanol–water partition coefficient (Wildman–Crippen LogP) is 2.99. The van der Waals surface area contributed by atoms with Crippen molar-refractivity contribution >= 4 is 5.91 Å². The first-order valence-corrected chi connectivity index (χ1v) is 8.26. The van der Waals surface area contributed by atoms with Gasteiger partial charge in [0, 0.05) is 0 Å². The van der Waals surface area contributed by atoms with E-state index in [-0.39, 0.29) is 11.6 Å². The molecule has 25 heavy (non-hydrogen) atoms. The number of allylic oxidation sites excluding steroid dienone is 2. The summed E-state index contributed by atoms with van der Waals surface area (Å²) in [7, 11) is 0. The van der Waals surface area contributed by atoms with Crippen LogP contribution in [0.4, 0.5) is 8.78 Å². The van der Waals surface area contributed by atoms with Crippen LogP contribution in [0.15, 0.2) is 47.4 Å². The fourth-order valence-corrected chi connectivity index (χ4v) is 3.70. The molecule has 134 valence electrons. The maximum atomic E-state index is 14.6. The highest BCUT2D eigenvalue weighted by atomic mass is 19.1. The third kappa shape index (κ3) is 2.79. The van der Waals surface area contributed by atoms with E-state index in [1.54, 1.807) is 19.9 Å². The van der Waals surface area contributed by atoms with E-state index in [0.29, 0.717) is 24.0 Å². The summed E-state index contributed by atoms with van der Waals surface area (Å²) >= 11 is 0. The minimum atomic E-state index is -1.37. The van der Waals surface area contributed by atoms with Gasteiger partial charge in [-0.15, -0.1) is 0 Å². The first-order chi connectivity index (χ1) is 11.8. The summed E-state index contributed by atoms with van der Waals surface area (Å²) in [6.07, 6.45) is 1.09. The van der Waals surface area contributed by atoms with E-state index in [1.807, 2.05) is 0 Å². The number of aliphatic hydroxyl groups is 2. The van der Waals surface area contributed by atoms with E-state index < -0.39 is 35.8 Å². The molecule has 1 aromatic rings. The molecular formula is C19H21F2NO3.